The molecule has 0 aromatic heterocycles. The van der Waals surface area contributed by atoms with Crippen LogP contribution in [0.3, 0.4) is 0 Å². The largest absolute Gasteiger partial charge is 0.507 e. The van der Waals surface area contributed by atoms with E-state index in [4.69, 9.17) is 9.47 Å². The zero-order chi connectivity index (χ0) is 19.3. The lowest BCUT2D eigenvalue weighted by Crippen LogP contribution is -2.10. The Bertz CT molecular complexity index is 831. The summed E-state index contributed by atoms with van der Waals surface area (Å²) in [7, 11) is 2.97. The van der Waals surface area contributed by atoms with Crippen LogP contribution in [0.2, 0.25) is 0 Å². The number of carbonyl (C=O) groups is 1. The molecular weight excluding hydrogens is 336 g/mol. The van der Waals surface area contributed by atoms with Crippen molar-refractivity contribution in [2.24, 2.45) is 9.98 Å². The van der Waals surface area contributed by atoms with Gasteiger partial charge < -0.3 is 19.7 Å². The van der Waals surface area contributed by atoms with E-state index in [0.29, 0.717) is 34.9 Å². The first kappa shape index (κ1) is 19.2. The number of carboxylic acid groups (broad SMARTS) is 1. The highest BCUT2D eigenvalue weighted by atomic mass is 16.5. The molecule has 2 N–H and O–H groups in total. The maximum absolute atomic E-state index is 11.7. The fraction of sp³-hybridized carbons (Fsp3) is 0.316. The minimum absolute atomic E-state index is 0.186. The van der Waals surface area contributed by atoms with Gasteiger partial charge in [-0.3, -0.25) is 4.99 Å². The molecule has 26 heavy (non-hydrogen) atoms. The van der Waals surface area contributed by atoms with Crippen molar-refractivity contribution >= 4 is 23.7 Å². The number of allylic oxidation sites excluding steroid dienone is 2. The first-order chi connectivity index (χ1) is 12.4. The molecule has 0 bridgehead atoms. The maximum atomic E-state index is 11.7. The van der Waals surface area contributed by atoms with Crippen LogP contribution in [0.25, 0.3) is 6.08 Å². The highest BCUT2D eigenvalue weighted by molar-refractivity contribution is 6.45. The molecule has 7 heteroatoms. The highest BCUT2D eigenvalue weighted by Crippen LogP contribution is 2.36. The van der Waals surface area contributed by atoms with Gasteiger partial charge in [0.05, 0.1) is 14.2 Å². The van der Waals surface area contributed by atoms with Gasteiger partial charge in [0.2, 0.25) is 5.90 Å². The Morgan fingerprint density at radius 2 is 1.96 bits per heavy atom. The lowest BCUT2D eigenvalue weighted by Gasteiger charge is -2.14. The molecule has 1 aliphatic rings. The smallest absolute Gasteiger partial charge is 0.340 e. The molecule has 1 aromatic rings. The van der Waals surface area contributed by atoms with Crippen molar-refractivity contribution in [1.82, 2.24) is 0 Å². The minimum Gasteiger partial charge on any atom is -0.507 e. The van der Waals surface area contributed by atoms with Crippen LogP contribution in [0.15, 0.2) is 33.8 Å². The Morgan fingerprint density at radius 1 is 1.23 bits per heavy atom. The summed E-state index contributed by atoms with van der Waals surface area (Å²) in [6.07, 6.45) is 5.42. The summed E-state index contributed by atoms with van der Waals surface area (Å²) >= 11 is 0. The normalized spacial score (nSPS) is 13.4. The summed E-state index contributed by atoms with van der Waals surface area (Å²) in [5.74, 6) is -0.728. The third-order valence-corrected chi connectivity index (χ3v) is 3.83. The van der Waals surface area contributed by atoms with Crippen molar-refractivity contribution in [3.63, 3.8) is 0 Å². The van der Waals surface area contributed by atoms with Crippen LogP contribution in [0.5, 0.6) is 11.5 Å². The molecule has 0 atom stereocenters. The van der Waals surface area contributed by atoms with Gasteiger partial charge in [0.15, 0.2) is 0 Å². The van der Waals surface area contributed by atoms with Gasteiger partial charge in [0.1, 0.15) is 29.4 Å². The molecule has 0 spiro atoms. The van der Waals surface area contributed by atoms with Gasteiger partial charge in [-0.25, -0.2) is 9.79 Å². The number of aromatic hydroxyl groups is 1. The fourth-order valence-electron chi connectivity index (χ4n) is 2.53. The summed E-state index contributed by atoms with van der Waals surface area (Å²) in [6.45, 7) is 4.12. The summed E-state index contributed by atoms with van der Waals surface area (Å²) in [5, 5.41) is 20.1. The molecule has 0 radical (unpaired) electrons. The van der Waals surface area contributed by atoms with E-state index in [2.05, 4.69) is 9.98 Å². The summed E-state index contributed by atoms with van der Waals surface area (Å²) in [5.41, 5.74) is 2.11. The molecule has 0 aliphatic carbocycles. The van der Waals surface area contributed by atoms with E-state index in [1.807, 2.05) is 19.9 Å². The lowest BCUT2D eigenvalue weighted by molar-refractivity contribution is 0.0693. The number of phenols is 1. The molecule has 2 rings (SSSR count). The average molecular weight is 358 g/mol. The van der Waals surface area contributed by atoms with E-state index in [1.165, 1.54) is 14.2 Å². The van der Waals surface area contributed by atoms with Gasteiger partial charge in [-0.15, -0.1) is 0 Å². The second-order valence-electron chi connectivity index (χ2n) is 5.85. The molecule has 1 heterocycles. The summed E-state index contributed by atoms with van der Waals surface area (Å²) < 4.78 is 10.5. The van der Waals surface area contributed by atoms with Gasteiger partial charge in [0.25, 0.3) is 0 Å². The highest BCUT2D eigenvalue weighted by Gasteiger charge is 2.22. The minimum atomic E-state index is -1.22. The van der Waals surface area contributed by atoms with Crippen LogP contribution in [0.4, 0.5) is 0 Å². The van der Waals surface area contributed by atoms with Crippen molar-refractivity contribution in [3.05, 3.63) is 40.5 Å². The second-order valence-corrected chi connectivity index (χ2v) is 5.85. The molecule has 0 saturated heterocycles. The number of carboxylic acids is 1. The van der Waals surface area contributed by atoms with E-state index < -0.39 is 5.97 Å². The summed E-state index contributed by atoms with van der Waals surface area (Å²) in [6, 6.07) is 1.59. The van der Waals surface area contributed by atoms with E-state index in [-0.39, 0.29) is 18.0 Å². The SMILES string of the molecule is COC1=NCN=C1/C=C/c1cc(OC)c(CC=C(C)C)c(O)c1C(=O)O. The van der Waals surface area contributed by atoms with Crippen LogP contribution in [-0.2, 0) is 11.2 Å². The van der Waals surface area contributed by atoms with Crippen LogP contribution in [0.1, 0.15) is 35.3 Å². The van der Waals surface area contributed by atoms with Crippen molar-refractivity contribution in [2.75, 3.05) is 20.9 Å². The van der Waals surface area contributed by atoms with Gasteiger partial charge in [-0.1, -0.05) is 17.7 Å². The van der Waals surface area contributed by atoms with Crippen molar-refractivity contribution < 1.29 is 24.5 Å². The number of aromatic carboxylic acids is 1. The Hall–Kier alpha value is -3.09. The molecule has 7 nitrogen and oxygen atoms in total. The lowest BCUT2D eigenvalue weighted by atomic mass is 9.97. The maximum Gasteiger partial charge on any atom is 0.340 e. The van der Waals surface area contributed by atoms with Crippen LogP contribution in [0, 0.1) is 0 Å². The Balaban J connectivity index is 2.52. The molecule has 0 fully saturated rings. The fourth-order valence-corrected chi connectivity index (χ4v) is 2.53. The number of benzene rings is 1. The Kier molecular flexibility index (Phi) is 6.16. The average Bonchev–Trinajstić information content (AvgIpc) is 3.05. The third-order valence-electron chi connectivity index (χ3n) is 3.83. The number of hydrogen-bond donors (Lipinski definition) is 2. The number of aliphatic imine (C=N–C) groups is 2. The first-order valence-electron chi connectivity index (χ1n) is 7.99. The predicted octanol–water partition coefficient (Wildman–Crippen LogP) is 3.08. The van der Waals surface area contributed by atoms with E-state index in [0.717, 1.165) is 5.57 Å². The first-order valence-corrected chi connectivity index (χ1v) is 7.99. The summed E-state index contributed by atoms with van der Waals surface area (Å²) in [4.78, 5) is 19.9. The van der Waals surface area contributed by atoms with E-state index >= 15 is 0 Å². The number of methoxy groups -OCH3 is 2. The third kappa shape index (κ3) is 4.11. The molecule has 138 valence electrons. The second kappa shape index (κ2) is 8.33. The predicted molar refractivity (Wildman–Crippen MR) is 101 cm³/mol. The number of ether oxygens (including phenoxy) is 2. The molecule has 0 unspecified atom stereocenters. The van der Waals surface area contributed by atoms with Gasteiger partial charge in [-0.05, 0) is 38.0 Å². The molecule has 1 aliphatic heterocycles. The number of rotatable bonds is 6. The van der Waals surface area contributed by atoms with Crippen molar-refractivity contribution in [3.8, 4) is 11.5 Å². The zero-order valence-corrected chi connectivity index (χ0v) is 15.2. The molecular formula is C19H22N2O5. The zero-order valence-electron chi connectivity index (χ0n) is 15.2. The Labute approximate surface area is 152 Å². The van der Waals surface area contributed by atoms with Crippen LogP contribution < -0.4 is 4.74 Å². The van der Waals surface area contributed by atoms with E-state index in [1.54, 1.807) is 18.2 Å². The Morgan fingerprint density at radius 3 is 2.54 bits per heavy atom. The van der Waals surface area contributed by atoms with Crippen LogP contribution >= 0.6 is 0 Å². The van der Waals surface area contributed by atoms with Crippen molar-refractivity contribution in [2.45, 2.75) is 20.3 Å². The van der Waals surface area contributed by atoms with Gasteiger partial charge >= 0.3 is 5.97 Å². The topological polar surface area (TPSA) is 101 Å². The van der Waals surface area contributed by atoms with Crippen LogP contribution in [-0.4, -0.2) is 48.7 Å². The molecule has 1 aromatic carbocycles. The molecule has 0 amide bonds. The van der Waals surface area contributed by atoms with Gasteiger partial charge in [0, 0.05) is 5.56 Å². The van der Waals surface area contributed by atoms with Gasteiger partial charge in [-0.2, -0.15) is 0 Å². The molecule has 0 saturated carbocycles. The quantitative estimate of drug-likeness (QED) is 0.761. The number of hydrogen-bond acceptors (Lipinski definition) is 6. The standard InChI is InChI=1S/C19H22N2O5/c1-11(2)5-7-13-15(25-3)9-12(16(17(13)22)19(23)24)6-8-14-18(26-4)21-10-20-14/h5-6,8-9,22H,7,10H2,1-4H3,(H,23,24)/b8-6+. The number of nitrogens with zero attached hydrogens (tertiary/aromatic N) is 2. The van der Waals surface area contributed by atoms with Crippen molar-refractivity contribution in [1.29, 1.82) is 0 Å². The monoisotopic (exact) mass is 358 g/mol. The van der Waals surface area contributed by atoms with E-state index in [9.17, 15) is 15.0 Å².